The van der Waals surface area contributed by atoms with E-state index in [1.165, 1.54) is 0 Å². The van der Waals surface area contributed by atoms with Gasteiger partial charge in [0.1, 0.15) is 12.2 Å². The number of amides is 1. The number of likely N-dealkylation sites (tertiary alicyclic amines) is 1. The highest BCUT2D eigenvalue weighted by molar-refractivity contribution is 6.00. The van der Waals surface area contributed by atoms with Crippen molar-refractivity contribution >= 4 is 11.9 Å². The molecular formula is C30H37NO5. The van der Waals surface area contributed by atoms with Crippen molar-refractivity contribution in [2.75, 3.05) is 7.11 Å². The van der Waals surface area contributed by atoms with E-state index in [-0.39, 0.29) is 53.4 Å². The Morgan fingerprint density at radius 1 is 1.17 bits per heavy atom. The molecule has 1 aromatic carbocycles. The molecule has 4 aliphatic carbocycles. The van der Waals surface area contributed by atoms with E-state index in [1.807, 2.05) is 41.5 Å². The number of ether oxygens (including phenoxy) is 3. The molecule has 4 saturated carbocycles. The Morgan fingerprint density at radius 3 is 2.81 bits per heavy atom. The molecule has 0 aromatic heterocycles. The largest absolute Gasteiger partial charge is 0.493 e. The fourth-order valence-corrected chi connectivity index (χ4v) is 9.61. The van der Waals surface area contributed by atoms with Gasteiger partial charge in [-0.05, 0) is 68.8 Å². The first kappa shape index (κ1) is 22.8. The topological polar surface area (TPSA) is 65.1 Å². The number of hydrogen-bond donors (Lipinski definition) is 0. The number of carbonyl (C=O) groups is 2. The molecule has 2 bridgehead atoms. The van der Waals surface area contributed by atoms with Gasteiger partial charge in [0, 0.05) is 36.6 Å². The van der Waals surface area contributed by atoms with Crippen molar-refractivity contribution in [3.63, 3.8) is 0 Å². The summed E-state index contributed by atoms with van der Waals surface area (Å²) in [6, 6.07) is 10.1. The van der Waals surface area contributed by atoms with Crippen LogP contribution >= 0.6 is 0 Å². The van der Waals surface area contributed by atoms with Crippen LogP contribution in [0.2, 0.25) is 0 Å². The van der Waals surface area contributed by atoms with Crippen LogP contribution in [0.3, 0.4) is 0 Å². The Labute approximate surface area is 213 Å². The average Bonchev–Trinajstić information content (AvgIpc) is 3.39. The molecule has 192 valence electrons. The van der Waals surface area contributed by atoms with Crippen LogP contribution in [0.25, 0.3) is 0 Å². The van der Waals surface area contributed by atoms with E-state index < -0.39 is 0 Å². The Morgan fingerprint density at radius 2 is 2.00 bits per heavy atom. The summed E-state index contributed by atoms with van der Waals surface area (Å²) in [6.07, 6.45) is 8.80. The molecule has 2 unspecified atom stereocenters. The van der Waals surface area contributed by atoms with Crippen LogP contribution in [0.4, 0.5) is 4.79 Å². The number of rotatable bonds is 3. The summed E-state index contributed by atoms with van der Waals surface area (Å²) in [5.74, 6) is 1.93. The molecule has 7 rings (SSSR count). The molecule has 1 aromatic rings. The monoisotopic (exact) mass is 491 g/mol. The SMILES string of the molecule is CO[C@H]1CCC[C@H]2C3C4C(=CO[C@@]45C[C@@H]3C[C@@H]3[C@H]5CC[C@H](C)N3C(=O)OCc3ccccc3)C(=O)[C@H]12. The van der Waals surface area contributed by atoms with Gasteiger partial charge in [0.15, 0.2) is 5.78 Å². The van der Waals surface area contributed by atoms with Gasteiger partial charge in [-0.25, -0.2) is 4.79 Å². The predicted molar refractivity (Wildman–Crippen MR) is 133 cm³/mol. The number of Topliss-reactive ketones (excluding diaryl/α,β-unsaturated/α-hetero) is 1. The summed E-state index contributed by atoms with van der Waals surface area (Å²) in [5, 5.41) is 0. The minimum atomic E-state index is -0.341. The number of hydrogen-bond acceptors (Lipinski definition) is 5. The van der Waals surface area contributed by atoms with Gasteiger partial charge in [0.2, 0.25) is 0 Å². The van der Waals surface area contributed by atoms with Crippen molar-refractivity contribution in [2.45, 2.75) is 82.3 Å². The molecule has 1 spiro atoms. The Bertz CT molecular complexity index is 1090. The Kier molecular flexibility index (Phi) is 5.29. The third-order valence-corrected chi connectivity index (χ3v) is 10.8. The van der Waals surface area contributed by atoms with Gasteiger partial charge in [-0.15, -0.1) is 0 Å². The summed E-state index contributed by atoms with van der Waals surface area (Å²) in [5.41, 5.74) is 1.58. The highest BCUT2D eigenvalue weighted by Gasteiger charge is 2.73. The van der Waals surface area contributed by atoms with Crippen LogP contribution in [0.1, 0.15) is 57.4 Å². The van der Waals surface area contributed by atoms with Gasteiger partial charge in [-0.3, -0.25) is 4.79 Å². The summed E-state index contributed by atoms with van der Waals surface area (Å²) >= 11 is 0. The van der Waals surface area contributed by atoms with E-state index in [1.54, 1.807) is 7.11 Å². The van der Waals surface area contributed by atoms with Crippen LogP contribution in [0, 0.1) is 35.5 Å². The lowest BCUT2D eigenvalue weighted by Crippen LogP contribution is -2.61. The molecule has 1 amide bonds. The second-order valence-electron chi connectivity index (χ2n) is 12.2. The van der Waals surface area contributed by atoms with E-state index >= 15 is 0 Å². The highest BCUT2D eigenvalue weighted by atomic mass is 16.6. The standard InChI is InChI=1S/C30H37NO5/c1-17-11-12-22-23(31(17)29(33)35-15-18-7-4-3-5-8-18)13-19-14-30(22)27-21(16-36-30)28(32)26-20(25(19)27)9-6-10-24(26)34-2/h3-5,7-8,16-17,19-20,22-27H,6,9-15H2,1-2H3/t17-,19-,20-,22+,23+,24-,25?,26-,27?,30+/m0/s1. The van der Waals surface area contributed by atoms with Crippen molar-refractivity contribution in [1.29, 1.82) is 0 Å². The fourth-order valence-electron chi connectivity index (χ4n) is 9.61. The van der Waals surface area contributed by atoms with Crippen LogP contribution in [0.15, 0.2) is 42.2 Å². The maximum atomic E-state index is 13.8. The van der Waals surface area contributed by atoms with E-state index in [0.717, 1.165) is 56.1 Å². The molecular weight excluding hydrogens is 454 g/mol. The zero-order valence-electron chi connectivity index (χ0n) is 21.3. The Balaban J connectivity index is 1.20. The van der Waals surface area contributed by atoms with E-state index in [0.29, 0.717) is 24.4 Å². The van der Waals surface area contributed by atoms with Crippen LogP contribution in [-0.4, -0.2) is 47.7 Å². The summed E-state index contributed by atoms with van der Waals surface area (Å²) in [7, 11) is 1.76. The van der Waals surface area contributed by atoms with E-state index in [9.17, 15) is 9.59 Å². The molecule has 6 heteroatoms. The number of piperidine rings is 1. The first-order valence-electron chi connectivity index (χ1n) is 14.0. The summed E-state index contributed by atoms with van der Waals surface area (Å²) in [4.78, 5) is 29.4. The van der Waals surface area contributed by atoms with E-state index in [4.69, 9.17) is 14.2 Å². The van der Waals surface area contributed by atoms with Gasteiger partial charge < -0.3 is 19.1 Å². The second kappa shape index (κ2) is 8.34. The lowest BCUT2D eigenvalue weighted by atomic mass is 9.57. The molecule has 2 aliphatic heterocycles. The zero-order valence-corrected chi connectivity index (χ0v) is 21.3. The lowest BCUT2D eigenvalue weighted by molar-refractivity contribution is -0.138. The molecule has 6 nitrogen and oxygen atoms in total. The van der Waals surface area contributed by atoms with Crippen molar-refractivity contribution in [3.8, 4) is 0 Å². The highest BCUT2D eigenvalue weighted by Crippen LogP contribution is 2.69. The van der Waals surface area contributed by atoms with Crippen LogP contribution < -0.4 is 0 Å². The maximum absolute atomic E-state index is 13.8. The van der Waals surface area contributed by atoms with Crippen molar-refractivity contribution in [3.05, 3.63) is 47.7 Å². The second-order valence-corrected chi connectivity index (χ2v) is 12.2. The van der Waals surface area contributed by atoms with E-state index in [2.05, 4.69) is 6.92 Å². The molecule has 1 saturated heterocycles. The molecule has 36 heavy (non-hydrogen) atoms. The number of benzene rings is 1. The summed E-state index contributed by atoms with van der Waals surface area (Å²) in [6.45, 7) is 2.45. The van der Waals surface area contributed by atoms with Crippen molar-refractivity contribution in [2.24, 2.45) is 35.5 Å². The molecule has 6 aliphatic rings. The smallest absolute Gasteiger partial charge is 0.410 e. The quantitative estimate of drug-likeness (QED) is 0.588. The van der Waals surface area contributed by atoms with Crippen molar-refractivity contribution in [1.82, 2.24) is 4.90 Å². The average molecular weight is 492 g/mol. The number of ketones is 1. The number of methoxy groups -OCH3 is 1. The third-order valence-electron chi connectivity index (χ3n) is 10.8. The van der Waals surface area contributed by atoms with Crippen molar-refractivity contribution < 1.29 is 23.8 Å². The number of carbonyl (C=O) groups excluding carboxylic acids is 2. The Hall–Kier alpha value is -2.34. The van der Waals surface area contributed by atoms with Crippen LogP contribution in [0.5, 0.6) is 0 Å². The molecule has 0 N–H and O–H groups in total. The number of nitrogens with zero attached hydrogens (tertiary/aromatic N) is 1. The van der Waals surface area contributed by atoms with Gasteiger partial charge in [0.05, 0.1) is 18.3 Å². The van der Waals surface area contributed by atoms with Gasteiger partial charge in [-0.2, -0.15) is 0 Å². The van der Waals surface area contributed by atoms with Gasteiger partial charge >= 0.3 is 6.09 Å². The number of fused-ring (bicyclic) bond motifs is 5. The minimum absolute atomic E-state index is 0.0156. The van der Waals surface area contributed by atoms with Gasteiger partial charge in [0.25, 0.3) is 0 Å². The molecule has 2 heterocycles. The first-order valence-corrected chi connectivity index (χ1v) is 14.0. The summed E-state index contributed by atoms with van der Waals surface area (Å²) < 4.78 is 18.4. The predicted octanol–water partition coefficient (Wildman–Crippen LogP) is 5.12. The van der Waals surface area contributed by atoms with Gasteiger partial charge in [-0.1, -0.05) is 36.8 Å². The lowest BCUT2D eigenvalue weighted by Gasteiger charge is -2.53. The molecule has 0 radical (unpaired) electrons. The molecule has 10 atom stereocenters. The first-order chi connectivity index (χ1) is 17.5. The third kappa shape index (κ3) is 3.06. The fraction of sp³-hybridized carbons (Fsp3) is 0.667. The maximum Gasteiger partial charge on any atom is 0.410 e. The van der Waals surface area contributed by atoms with Crippen LogP contribution in [-0.2, 0) is 25.6 Å². The normalized spacial score (nSPS) is 44.2. The minimum Gasteiger partial charge on any atom is -0.493 e. The zero-order chi connectivity index (χ0) is 24.6. The molecule has 5 fully saturated rings.